The van der Waals surface area contributed by atoms with Crippen molar-refractivity contribution >= 4 is 5.78 Å². The van der Waals surface area contributed by atoms with Gasteiger partial charge in [0.15, 0.2) is 11.5 Å². The Hall–Kier alpha value is -0.790. The summed E-state index contributed by atoms with van der Waals surface area (Å²) >= 11 is 0. The van der Waals surface area contributed by atoms with Gasteiger partial charge < -0.3 is 4.74 Å². The Kier molecular flexibility index (Phi) is 3.95. The molecular formula is C13H22O2. The molecule has 2 nitrogen and oxygen atoms in total. The van der Waals surface area contributed by atoms with Gasteiger partial charge >= 0.3 is 0 Å². The first kappa shape index (κ1) is 12.3. The molecule has 0 spiro atoms. The molecule has 0 bridgehead atoms. The van der Waals surface area contributed by atoms with E-state index < -0.39 is 0 Å². The smallest absolute Gasteiger partial charge is 0.197 e. The SMILES string of the molecule is CC(CC(=O)C1=CCCCO1)C(C)(C)C. The number of hydrogen-bond acceptors (Lipinski definition) is 2. The van der Waals surface area contributed by atoms with Crippen molar-refractivity contribution in [2.45, 2.75) is 47.0 Å². The lowest BCUT2D eigenvalue weighted by atomic mass is 9.79. The number of hydrogen-bond donors (Lipinski definition) is 0. The van der Waals surface area contributed by atoms with E-state index in [0.29, 0.717) is 24.7 Å². The predicted octanol–water partition coefficient (Wildman–Crippen LogP) is 3.32. The second-order valence-corrected chi connectivity index (χ2v) is 5.45. The summed E-state index contributed by atoms with van der Waals surface area (Å²) in [5.41, 5.74) is 0.185. The van der Waals surface area contributed by atoms with Gasteiger partial charge in [-0.15, -0.1) is 0 Å². The lowest BCUT2D eigenvalue weighted by molar-refractivity contribution is -0.120. The molecule has 0 aromatic heterocycles. The van der Waals surface area contributed by atoms with Gasteiger partial charge in [-0.2, -0.15) is 0 Å². The fourth-order valence-electron chi connectivity index (χ4n) is 1.44. The average molecular weight is 210 g/mol. The summed E-state index contributed by atoms with van der Waals surface area (Å²) in [7, 11) is 0. The van der Waals surface area contributed by atoms with Crippen molar-refractivity contribution in [3.63, 3.8) is 0 Å². The molecule has 0 aromatic carbocycles. The maximum atomic E-state index is 11.9. The van der Waals surface area contributed by atoms with Gasteiger partial charge in [0.05, 0.1) is 6.61 Å². The van der Waals surface area contributed by atoms with Gasteiger partial charge in [0.1, 0.15) is 0 Å². The molecule has 0 aromatic rings. The largest absolute Gasteiger partial charge is 0.490 e. The van der Waals surface area contributed by atoms with Gasteiger partial charge in [-0.1, -0.05) is 27.7 Å². The lowest BCUT2D eigenvalue weighted by Gasteiger charge is -2.27. The van der Waals surface area contributed by atoms with Gasteiger partial charge in [-0.3, -0.25) is 4.79 Å². The fourth-order valence-corrected chi connectivity index (χ4v) is 1.44. The van der Waals surface area contributed by atoms with Crippen LogP contribution in [0, 0.1) is 11.3 Å². The van der Waals surface area contributed by atoms with Crippen molar-refractivity contribution in [2.24, 2.45) is 11.3 Å². The summed E-state index contributed by atoms with van der Waals surface area (Å²) in [4.78, 5) is 11.9. The molecule has 1 rings (SSSR count). The molecule has 0 saturated carbocycles. The number of carbonyl (C=O) groups excluding carboxylic acids is 1. The molecule has 0 saturated heterocycles. The first-order chi connectivity index (χ1) is 6.91. The summed E-state index contributed by atoms with van der Waals surface area (Å²) in [6.45, 7) is 9.33. The highest BCUT2D eigenvalue weighted by Gasteiger charge is 2.24. The van der Waals surface area contributed by atoms with Crippen LogP contribution in [0.1, 0.15) is 47.0 Å². The van der Waals surface area contributed by atoms with Crippen molar-refractivity contribution in [3.05, 3.63) is 11.8 Å². The highest BCUT2D eigenvalue weighted by atomic mass is 16.5. The molecule has 1 aliphatic rings. The van der Waals surface area contributed by atoms with E-state index in [1.165, 1.54) is 0 Å². The molecule has 0 radical (unpaired) electrons. The zero-order valence-corrected chi connectivity index (χ0v) is 10.3. The number of ketones is 1. The molecule has 0 amide bonds. The van der Waals surface area contributed by atoms with Gasteiger partial charge in [-0.25, -0.2) is 0 Å². The fraction of sp³-hybridized carbons (Fsp3) is 0.769. The van der Waals surface area contributed by atoms with Crippen LogP contribution in [0.2, 0.25) is 0 Å². The summed E-state index contributed by atoms with van der Waals surface area (Å²) in [5, 5.41) is 0. The van der Waals surface area contributed by atoms with Crippen LogP contribution in [0.4, 0.5) is 0 Å². The normalized spacial score (nSPS) is 19.1. The van der Waals surface area contributed by atoms with E-state index in [4.69, 9.17) is 4.74 Å². The highest BCUT2D eigenvalue weighted by Crippen LogP contribution is 2.29. The van der Waals surface area contributed by atoms with Gasteiger partial charge in [-0.05, 0) is 30.3 Å². The number of rotatable bonds is 3. The molecule has 0 fully saturated rings. The Morgan fingerprint density at radius 3 is 2.67 bits per heavy atom. The van der Waals surface area contributed by atoms with Crippen LogP contribution in [0.3, 0.4) is 0 Å². The molecule has 1 heterocycles. The monoisotopic (exact) mass is 210 g/mol. The predicted molar refractivity (Wildman–Crippen MR) is 61.5 cm³/mol. The minimum Gasteiger partial charge on any atom is -0.490 e. The Bertz CT molecular complexity index is 258. The van der Waals surface area contributed by atoms with E-state index in [0.717, 1.165) is 12.8 Å². The third-order valence-electron chi connectivity index (χ3n) is 3.18. The minimum absolute atomic E-state index is 0.164. The Balaban J connectivity index is 2.52. The van der Waals surface area contributed by atoms with E-state index in [9.17, 15) is 4.79 Å². The van der Waals surface area contributed by atoms with Crippen molar-refractivity contribution in [1.29, 1.82) is 0 Å². The molecule has 0 N–H and O–H groups in total. The first-order valence-corrected chi connectivity index (χ1v) is 5.77. The number of ether oxygens (including phenoxy) is 1. The lowest BCUT2D eigenvalue weighted by Crippen LogP contribution is -2.22. The van der Waals surface area contributed by atoms with Gasteiger partial charge in [0, 0.05) is 6.42 Å². The maximum absolute atomic E-state index is 11.9. The standard InChI is InChI=1S/C13H22O2/c1-10(13(2,3)4)9-11(14)12-7-5-6-8-15-12/h7,10H,5-6,8-9H2,1-4H3. The molecule has 1 atom stereocenters. The van der Waals surface area contributed by atoms with Crippen LogP contribution >= 0.6 is 0 Å². The van der Waals surface area contributed by atoms with E-state index >= 15 is 0 Å². The van der Waals surface area contributed by atoms with E-state index in [1.54, 1.807) is 0 Å². The Morgan fingerprint density at radius 1 is 1.53 bits per heavy atom. The van der Waals surface area contributed by atoms with E-state index in [2.05, 4.69) is 27.7 Å². The van der Waals surface area contributed by atoms with Crippen LogP contribution in [-0.2, 0) is 9.53 Å². The second kappa shape index (κ2) is 4.82. The van der Waals surface area contributed by atoms with E-state index in [-0.39, 0.29) is 11.2 Å². The van der Waals surface area contributed by atoms with Crippen LogP contribution in [0.5, 0.6) is 0 Å². The number of carbonyl (C=O) groups is 1. The first-order valence-electron chi connectivity index (χ1n) is 5.77. The highest BCUT2D eigenvalue weighted by molar-refractivity contribution is 5.93. The molecule has 86 valence electrons. The quantitative estimate of drug-likeness (QED) is 0.714. The molecule has 0 aliphatic carbocycles. The minimum atomic E-state index is 0.164. The number of Topliss-reactive ketones (excluding diaryl/α,β-unsaturated/α-hetero) is 1. The maximum Gasteiger partial charge on any atom is 0.197 e. The second-order valence-electron chi connectivity index (χ2n) is 5.45. The zero-order valence-electron chi connectivity index (χ0n) is 10.3. The van der Waals surface area contributed by atoms with Crippen LogP contribution < -0.4 is 0 Å². The molecular weight excluding hydrogens is 188 g/mol. The summed E-state index contributed by atoms with van der Waals surface area (Å²) in [5.74, 6) is 1.14. The zero-order chi connectivity index (χ0) is 11.5. The topological polar surface area (TPSA) is 26.3 Å². The van der Waals surface area contributed by atoms with Gasteiger partial charge in [0.2, 0.25) is 0 Å². The third-order valence-corrected chi connectivity index (χ3v) is 3.18. The summed E-state index contributed by atoms with van der Waals surface area (Å²) in [6, 6.07) is 0. The van der Waals surface area contributed by atoms with Gasteiger partial charge in [0.25, 0.3) is 0 Å². The van der Waals surface area contributed by atoms with Crippen molar-refractivity contribution in [2.75, 3.05) is 6.61 Å². The molecule has 1 aliphatic heterocycles. The summed E-state index contributed by atoms with van der Waals surface area (Å²) in [6.07, 6.45) is 4.53. The van der Waals surface area contributed by atoms with Crippen molar-refractivity contribution < 1.29 is 9.53 Å². The third kappa shape index (κ3) is 3.69. The molecule has 15 heavy (non-hydrogen) atoms. The Labute approximate surface area is 92.7 Å². The van der Waals surface area contributed by atoms with E-state index in [1.807, 2.05) is 6.08 Å². The van der Waals surface area contributed by atoms with Crippen LogP contribution in [-0.4, -0.2) is 12.4 Å². The van der Waals surface area contributed by atoms with Crippen molar-refractivity contribution in [1.82, 2.24) is 0 Å². The average Bonchev–Trinajstić information content (AvgIpc) is 2.17. The summed E-state index contributed by atoms with van der Waals surface area (Å²) < 4.78 is 5.36. The molecule has 1 unspecified atom stereocenters. The van der Waals surface area contributed by atoms with Crippen LogP contribution in [0.25, 0.3) is 0 Å². The van der Waals surface area contributed by atoms with Crippen LogP contribution in [0.15, 0.2) is 11.8 Å². The Morgan fingerprint density at radius 2 is 2.20 bits per heavy atom. The van der Waals surface area contributed by atoms with Crippen molar-refractivity contribution in [3.8, 4) is 0 Å². The number of allylic oxidation sites excluding steroid dienone is 2. The molecule has 2 heteroatoms.